The lowest BCUT2D eigenvalue weighted by molar-refractivity contribution is -0.600. The Kier molecular flexibility index (Phi) is 12.5. The van der Waals surface area contributed by atoms with Crippen LogP contribution in [0.1, 0.15) is 46.6 Å². The summed E-state index contributed by atoms with van der Waals surface area (Å²) in [6.07, 6.45) is -0.208. The monoisotopic (exact) mass is 843 g/mol. The second-order valence-corrected chi connectivity index (χ2v) is 12.8. The molecule has 2 aromatic carbocycles. The number of halogens is 7. The molecule has 8 aromatic rings. The number of hydrogen-bond acceptors (Lipinski definition) is 7. The number of amides is 2. The fourth-order valence-corrected chi connectivity index (χ4v) is 6.11. The number of carbonyl (C=O) groups is 2. The van der Waals surface area contributed by atoms with Crippen molar-refractivity contribution in [3.05, 3.63) is 150 Å². The van der Waals surface area contributed by atoms with E-state index in [4.69, 9.17) is 0 Å². The van der Waals surface area contributed by atoms with Crippen molar-refractivity contribution < 1.29 is 44.8 Å². The van der Waals surface area contributed by atoms with E-state index in [0.717, 1.165) is 30.0 Å². The molecule has 12 nitrogen and oxygen atoms in total. The first kappa shape index (κ1) is 43.0. The van der Waals surface area contributed by atoms with Gasteiger partial charge in [0.15, 0.2) is 22.7 Å². The van der Waals surface area contributed by atoms with Crippen molar-refractivity contribution in [3.8, 4) is 28.3 Å². The van der Waals surface area contributed by atoms with Gasteiger partial charge in [-0.1, -0.05) is 44.2 Å². The van der Waals surface area contributed by atoms with Gasteiger partial charge in [0.2, 0.25) is 6.41 Å². The Morgan fingerprint density at radius 3 is 2.03 bits per heavy atom. The molecule has 0 atom stereocenters. The zero-order chi connectivity index (χ0) is 44.1. The normalized spacial score (nSPS) is 11.3. The van der Waals surface area contributed by atoms with Crippen LogP contribution in [-0.2, 0) is 17.1 Å². The van der Waals surface area contributed by atoms with Crippen molar-refractivity contribution >= 4 is 35.0 Å². The molecule has 0 aliphatic carbocycles. The van der Waals surface area contributed by atoms with Crippen LogP contribution < -0.4 is 15.1 Å². The number of fused-ring (bicyclic) bond motifs is 2. The van der Waals surface area contributed by atoms with Gasteiger partial charge in [-0.15, -0.1) is 4.52 Å². The third-order valence-corrected chi connectivity index (χ3v) is 8.83. The van der Waals surface area contributed by atoms with Gasteiger partial charge >= 0.3 is 18.0 Å². The smallest absolute Gasteiger partial charge is 0.327 e. The molecule has 0 saturated carbocycles. The third kappa shape index (κ3) is 9.35. The van der Waals surface area contributed by atoms with Crippen LogP contribution in [0.4, 0.5) is 42.1 Å². The fraction of sp³-hybridized carbons (Fsp3) is 0.143. The minimum atomic E-state index is -4.63. The number of aromatic nitrogens is 8. The molecule has 0 unspecified atom stereocenters. The summed E-state index contributed by atoms with van der Waals surface area (Å²) in [7, 11) is 0. The van der Waals surface area contributed by atoms with Gasteiger partial charge in [-0.05, 0) is 55.2 Å². The highest BCUT2D eigenvalue weighted by Crippen LogP contribution is 2.37. The summed E-state index contributed by atoms with van der Waals surface area (Å²) >= 11 is 0. The topological polar surface area (TPSA) is 136 Å². The average molecular weight is 844 g/mol. The molecule has 0 aliphatic heterocycles. The Morgan fingerprint density at radius 1 is 0.787 bits per heavy atom. The van der Waals surface area contributed by atoms with Gasteiger partial charge in [0.25, 0.3) is 5.91 Å². The molecule has 2 N–H and O–H groups in total. The second kappa shape index (κ2) is 17.7. The van der Waals surface area contributed by atoms with Crippen LogP contribution in [0.5, 0.6) is 0 Å². The number of carbonyl (C=O) groups excluding carboxylic acids is 2. The van der Waals surface area contributed by atoms with Gasteiger partial charge in [0.05, 0.1) is 58.7 Å². The standard InChI is InChI=1S/C26H17F4N7O2.C14H10F3N3.C2H6/c1-15-21(32-14-38)6-7-23(33-15)37-13-19(25(39)34-17-10-16(27)11-31-12-17)24-35-22(8-9-36(24)37)18-4-2-3-5-20(18)26(28,29)30;1-9-8-18-20-7-6-12(19-13(9)20)10-4-2-3-5-11(10)14(15,16)17;1-2/h2-14H,1H3,(H-,32,34,38,39);2-8H,1H3;1-2H3/p+1. The number of rotatable bonds is 7. The summed E-state index contributed by atoms with van der Waals surface area (Å²) in [6.45, 7) is 7.48. The number of nitrogens with one attached hydrogen (secondary N) is 2. The predicted molar refractivity (Wildman–Crippen MR) is 211 cm³/mol. The van der Waals surface area contributed by atoms with Crippen molar-refractivity contribution in [3.63, 3.8) is 0 Å². The molecule has 8 rings (SSSR count). The molecule has 0 radical (unpaired) electrons. The fourth-order valence-electron chi connectivity index (χ4n) is 6.11. The Morgan fingerprint density at radius 2 is 1.43 bits per heavy atom. The molecular weight excluding hydrogens is 810 g/mol. The lowest BCUT2D eigenvalue weighted by atomic mass is 10.0. The second-order valence-electron chi connectivity index (χ2n) is 12.8. The zero-order valence-corrected chi connectivity index (χ0v) is 32.6. The summed E-state index contributed by atoms with van der Waals surface area (Å²) in [5, 5.41) is 9.11. The number of alkyl halides is 6. The Labute approximate surface area is 342 Å². The van der Waals surface area contributed by atoms with Crippen LogP contribution in [0.15, 0.2) is 116 Å². The summed E-state index contributed by atoms with van der Waals surface area (Å²) in [5.74, 6) is -1.04. The van der Waals surface area contributed by atoms with Gasteiger partial charge in [-0.3, -0.25) is 14.6 Å². The van der Waals surface area contributed by atoms with Gasteiger partial charge in [-0.2, -0.15) is 36.1 Å². The van der Waals surface area contributed by atoms with Crippen LogP contribution in [0.3, 0.4) is 0 Å². The van der Waals surface area contributed by atoms with Crippen LogP contribution in [0.25, 0.3) is 39.6 Å². The van der Waals surface area contributed by atoms with E-state index in [1.54, 1.807) is 37.5 Å². The first-order valence-corrected chi connectivity index (χ1v) is 18.3. The molecule has 6 heterocycles. The summed E-state index contributed by atoms with van der Waals surface area (Å²) < 4.78 is 98.3. The molecule has 19 heteroatoms. The molecule has 312 valence electrons. The number of hydrogen-bond donors (Lipinski definition) is 2. The van der Waals surface area contributed by atoms with Crippen molar-refractivity contribution in [2.24, 2.45) is 0 Å². The minimum absolute atomic E-state index is 0.0147. The van der Waals surface area contributed by atoms with Crippen molar-refractivity contribution in [2.45, 2.75) is 40.0 Å². The summed E-state index contributed by atoms with van der Waals surface area (Å²) in [4.78, 5) is 41.0. The lowest BCUT2D eigenvalue weighted by Crippen LogP contribution is -2.32. The largest absolute Gasteiger partial charge is 0.417 e. The van der Waals surface area contributed by atoms with E-state index in [-0.39, 0.29) is 39.4 Å². The van der Waals surface area contributed by atoms with E-state index < -0.39 is 35.2 Å². The van der Waals surface area contributed by atoms with Gasteiger partial charge in [0.1, 0.15) is 12.0 Å². The Hall–Kier alpha value is -7.57. The highest BCUT2D eigenvalue weighted by Gasteiger charge is 2.36. The van der Waals surface area contributed by atoms with Crippen LogP contribution >= 0.6 is 0 Å². The zero-order valence-electron chi connectivity index (χ0n) is 32.6. The van der Waals surface area contributed by atoms with Gasteiger partial charge < -0.3 is 10.6 Å². The molecule has 0 fully saturated rings. The van der Waals surface area contributed by atoms with E-state index in [1.165, 1.54) is 74.8 Å². The minimum Gasteiger partial charge on any atom is -0.327 e. The Bertz CT molecular complexity index is 2870. The van der Waals surface area contributed by atoms with E-state index in [9.17, 15) is 40.3 Å². The lowest BCUT2D eigenvalue weighted by Gasteiger charge is -2.12. The number of benzene rings is 2. The average Bonchev–Trinajstić information content (AvgIpc) is 3.82. The van der Waals surface area contributed by atoms with Crippen LogP contribution in [0, 0.1) is 19.7 Å². The van der Waals surface area contributed by atoms with E-state index >= 15 is 0 Å². The van der Waals surface area contributed by atoms with Crippen molar-refractivity contribution in [1.82, 2.24) is 34.2 Å². The molecule has 0 bridgehead atoms. The molecule has 0 saturated heterocycles. The highest BCUT2D eigenvalue weighted by atomic mass is 19.4. The first-order valence-electron chi connectivity index (χ1n) is 18.3. The number of pyridine rings is 2. The number of nitrogens with zero attached hydrogens (tertiary/aromatic N) is 8. The maximum atomic E-state index is 13.7. The van der Waals surface area contributed by atoms with Crippen LogP contribution in [0.2, 0.25) is 0 Å². The molecule has 0 spiro atoms. The molecule has 2 amide bonds. The van der Waals surface area contributed by atoms with Crippen molar-refractivity contribution in [1.29, 1.82) is 0 Å². The first-order chi connectivity index (χ1) is 29.1. The molecular formula is C42H34F7N10O2+. The molecule has 61 heavy (non-hydrogen) atoms. The highest BCUT2D eigenvalue weighted by molar-refractivity contribution is 6.07. The van der Waals surface area contributed by atoms with E-state index in [0.29, 0.717) is 29.3 Å². The predicted octanol–water partition coefficient (Wildman–Crippen LogP) is 9.10. The number of anilines is 2. The van der Waals surface area contributed by atoms with Crippen LogP contribution in [-0.4, -0.2) is 46.5 Å². The maximum Gasteiger partial charge on any atom is 0.417 e. The third-order valence-electron chi connectivity index (χ3n) is 8.83. The summed E-state index contributed by atoms with van der Waals surface area (Å²) in [6, 6.07) is 17.6. The van der Waals surface area contributed by atoms with Gasteiger partial charge in [-0.25, -0.2) is 18.9 Å². The quantitative estimate of drug-likeness (QED) is 0.0929. The van der Waals surface area contributed by atoms with E-state index in [1.807, 2.05) is 20.8 Å². The van der Waals surface area contributed by atoms with Crippen molar-refractivity contribution in [2.75, 3.05) is 10.6 Å². The summed E-state index contributed by atoms with van der Waals surface area (Å²) in [5.41, 5.74) is 0.981. The van der Waals surface area contributed by atoms with E-state index in [2.05, 4.69) is 35.7 Å². The van der Waals surface area contributed by atoms with Gasteiger partial charge in [0, 0.05) is 35.0 Å². The Balaban J connectivity index is 0.000000236. The number of aryl methyl sites for hydroxylation is 2. The maximum absolute atomic E-state index is 13.7. The molecule has 0 aliphatic rings. The SMILES string of the molecule is CC.Cc1cnn2ccc(-c3ccccc3C(F)(F)F)nc12.Cc1nc(-n2cc(C(=O)Nc3cncc(F)c3)c3nc(-c4ccccc4C(F)(F)F)cc[n+]32)ccc1NC=O. The molecule has 6 aromatic heterocycles.